The molecule has 5 nitrogen and oxygen atoms in total. The van der Waals surface area contributed by atoms with Crippen LogP contribution in [0.25, 0.3) is 0 Å². The summed E-state index contributed by atoms with van der Waals surface area (Å²) in [5, 5.41) is 3.16. The Labute approximate surface area is 139 Å². The summed E-state index contributed by atoms with van der Waals surface area (Å²) < 4.78 is 32.4. The summed E-state index contributed by atoms with van der Waals surface area (Å²) in [6.07, 6.45) is 1.79. The number of hydrogen-bond donors (Lipinski definition) is 1. The van der Waals surface area contributed by atoms with Gasteiger partial charge in [-0.25, -0.2) is 8.42 Å². The summed E-state index contributed by atoms with van der Waals surface area (Å²) in [5.74, 6) is 0.971. The van der Waals surface area contributed by atoms with Gasteiger partial charge in [-0.1, -0.05) is 6.07 Å². The van der Waals surface area contributed by atoms with E-state index in [1.54, 1.807) is 16.4 Å². The molecule has 0 spiro atoms. The van der Waals surface area contributed by atoms with Gasteiger partial charge in [0, 0.05) is 13.1 Å². The molecule has 2 rings (SSSR count). The van der Waals surface area contributed by atoms with E-state index in [1.165, 1.54) is 7.11 Å². The van der Waals surface area contributed by atoms with E-state index in [-0.39, 0.29) is 17.3 Å². The third-order valence-electron chi connectivity index (χ3n) is 4.00. The zero-order chi connectivity index (χ0) is 15.5. The molecular weight excluding hydrogens is 324 g/mol. The number of halogens is 1. The highest BCUT2D eigenvalue weighted by Crippen LogP contribution is 2.30. The lowest BCUT2D eigenvalue weighted by atomic mass is 9.98. The Morgan fingerprint density at radius 2 is 1.95 bits per heavy atom. The van der Waals surface area contributed by atoms with Gasteiger partial charge in [-0.05, 0) is 57.0 Å². The van der Waals surface area contributed by atoms with Crippen molar-refractivity contribution < 1.29 is 13.2 Å². The van der Waals surface area contributed by atoms with Crippen molar-refractivity contribution in [1.82, 2.24) is 9.62 Å². The topological polar surface area (TPSA) is 58.6 Å². The first-order valence-electron chi connectivity index (χ1n) is 7.28. The summed E-state index contributed by atoms with van der Waals surface area (Å²) in [6.45, 7) is 3.98. The van der Waals surface area contributed by atoms with Crippen LogP contribution in [0, 0.1) is 12.8 Å². The Morgan fingerprint density at radius 3 is 2.50 bits per heavy atom. The smallest absolute Gasteiger partial charge is 0.246 e. The monoisotopic (exact) mass is 348 g/mol. The number of nitrogens with zero attached hydrogens (tertiary/aromatic N) is 1. The van der Waals surface area contributed by atoms with Gasteiger partial charge in [0.15, 0.2) is 0 Å². The summed E-state index contributed by atoms with van der Waals surface area (Å²) >= 11 is 0. The van der Waals surface area contributed by atoms with Gasteiger partial charge >= 0.3 is 0 Å². The molecule has 0 aromatic heterocycles. The second-order valence-electron chi connectivity index (χ2n) is 5.56. The molecule has 1 aromatic carbocycles. The molecule has 1 saturated heterocycles. The Morgan fingerprint density at radius 1 is 1.32 bits per heavy atom. The molecule has 7 heteroatoms. The van der Waals surface area contributed by atoms with E-state index in [4.69, 9.17) is 4.74 Å². The van der Waals surface area contributed by atoms with Gasteiger partial charge in [0.1, 0.15) is 10.6 Å². The molecule has 0 atom stereocenters. The molecule has 1 N–H and O–H groups in total. The molecule has 1 aliphatic rings. The minimum absolute atomic E-state index is 0. The van der Waals surface area contributed by atoms with Gasteiger partial charge in [0.25, 0.3) is 0 Å². The van der Waals surface area contributed by atoms with E-state index in [0.29, 0.717) is 24.8 Å². The number of sulfonamides is 1. The summed E-state index contributed by atoms with van der Waals surface area (Å²) in [6, 6.07) is 5.26. The minimum atomic E-state index is -3.48. The molecule has 1 aliphatic heterocycles. The van der Waals surface area contributed by atoms with Crippen molar-refractivity contribution in [3.8, 4) is 5.75 Å². The molecule has 0 amide bonds. The average molecular weight is 349 g/mol. The first-order chi connectivity index (χ1) is 9.98. The molecule has 0 saturated carbocycles. The normalized spacial score (nSPS) is 17.0. The largest absolute Gasteiger partial charge is 0.495 e. The molecule has 1 heterocycles. The molecule has 1 fully saturated rings. The molecule has 0 aliphatic carbocycles. The summed E-state index contributed by atoms with van der Waals surface area (Å²) in [7, 11) is -0.0436. The third kappa shape index (κ3) is 4.13. The van der Waals surface area contributed by atoms with Crippen molar-refractivity contribution in [2.24, 2.45) is 5.92 Å². The molecule has 22 heavy (non-hydrogen) atoms. The lowest BCUT2D eigenvalue weighted by molar-refractivity contribution is 0.270. The van der Waals surface area contributed by atoms with Crippen molar-refractivity contribution in [2.45, 2.75) is 24.7 Å². The molecule has 0 radical (unpaired) electrons. The van der Waals surface area contributed by atoms with Crippen molar-refractivity contribution in [1.29, 1.82) is 0 Å². The van der Waals surface area contributed by atoms with Crippen LogP contribution in [0.15, 0.2) is 23.1 Å². The van der Waals surface area contributed by atoms with Crippen molar-refractivity contribution >= 4 is 22.4 Å². The van der Waals surface area contributed by atoms with Gasteiger partial charge in [-0.15, -0.1) is 12.4 Å². The maximum absolute atomic E-state index is 12.8. The quantitative estimate of drug-likeness (QED) is 0.884. The molecule has 1 aromatic rings. The Hall–Kier alpha value is -0.820. The summed E-state index contributed by atoms with van der Waals surface area (Å²) in [4.78, 5) is 0.275. The third-order valence-corrected chi connectivity index (χ3v) is 5.92. The summed E-state index contributed by atoms with van der Waals surface area (Å²) in [5.41, 5.74) is 0.916. The van der Waals surface area contributed by atoms with E-state index >= 15 is 0 Å². The SMILES string of the molecule is CNCC1CCN(S(=O)(=O)c2cc(C)ccc2OC)CC1.Cl. The lowest BCUT2D eigenvalue weighted by Gasteiger charge is -2.31. The Balaban J connectivity index is 0.00000242. The molecule has 0 unspecified atom stereocenters. The fourth-order valence-electron chi connectivity index (χ4n) is 2.77. The van der Waals surface area contributed by atoms with Crippen molar-refractivity contribution in [2.75, 3.05) is 33.8 Å². The minimum Gasteiger partial charge on any atom is -0.495 e. The van der Waals surface area contributed by atoms with E-state index in [0.717, 1.165) is 24.9 Å². The van der Waals surface area contributed by atoms with Gasteiger partial charge < -0.3 is 10.1 Å². The number of ether oxygens (including phenoxy) is 1. The number of aryl methyl sites for hydroxylation is 1. The number of nitrogens with one attached hydrogen (secondary N) is 1. The molecular formula is C15H25ClN2O3S. The number of hydrogen-bond acceptors (Lipinski definition) is 4. The lowest BCUT2D eigenvalue weighted by Crippen LogP contribution is -2.40. The maximum Gasteiger partial charge on any atom is 0.246 e. The van der Waals surface area contributed by atoms with Crippen LogP contribution in [0.4, 0.5) is 0 Å². The van der Waals surface area contributed by atoms with Gasteiger partial charge in [0.05, 0.1) is 7.11 Å². The van der Waals surface area contributed by atoms with Crippen LogP contribution in [0.2, 0.25) is 0 Å². The van der Waals surface area contributed by atoms with E-state index in [2.05, 4.69) is 5.32 Å². The average Bonchev–Trinajstić information content (AvgIpc) is 2.48. The van der Waals surface area contributed by atoms with Crippen LogP contribution in [-0.4, -0.2) is 46.5 Å². The Kier molecular flexibility index (Phi) is 7.12. The van der Waals surface area contributed by atoms with Crippen LogP contribution >= 0.6 is 12.4 Å². The zero-order valence-corrected chi connectivity index (χ0v) is 15.0. The van der Waals surface area contributed by atoms with Crippen LogP contribution < -0.4 is 10.1 Å². The first kappa shape index (κ1) is 19.2. The van der Waals surface area contributed by atoms with E-state index in [9.17, 15) is 8.42 Å². The van der Waals surface area contributed by atoms with Crippen LogP contribution in [0.5, 0.6) is 5.75 Å². The second kappa shape index (κ2) is 8.15. The predicted octanol–water partition coefficient (Wildman–Crippen LogP) is 2.05. The van der Waals surface area contributed by atoms with E-state index < -0.39 is 10.0 Å². The molecule has 0 bridgehead atoms. The highest BCUT2D eigenvalue weighted by molar-refractivity contribution is 7.89. The number of rotatable bonds is 5. The fourth-order valence-corrected chi connectivity index (χ4v) is 4.48. The fraction of sp³-hybridized carbons (Fsp3) is 0.600. The standard InChI is InChI=1S/C15H24N2O3S.ClH/c1-12-4-5-14(20-3)15(10-12)21(18,19)17-8-6-13(7-9-17)11-16-2;/h4-5,10,13,16H,6-9,11H2,1-3H3;1H. The highest BCUT2D eigenvalue weighted by Gasteiger charge is 2.31. The highest BCUT2D eigenvalue weighted by atomic mass is 35.5. The Bertz CT molecular complexity index is 584. The van der Waals surface area contributed by atoms with Crippen LogP contribution in [0.1, 0.15) is 18.4 Å². The van der Waals surface area contributed by atoms with E-state index in [1.807, 2.05) is 20.0 Å². The van der Waals surface area contributed by atoms with Crippen LogP contribution in [0.3, 0.4) is 0 Å². The van der Waals surface area contributed by atoms with Crippen LogP contribution in [-0.2, 0) is 10.0 Å². The molecule has 126 valence electrons. The second-order valence-corrected chi connectivity index (χ2v) is 7.47. The van der Waals surface area contributed by atoms with Crippen molar-refractivity contribution in [3.05, 3.63) is 23.8 Å². The predicted molar refractivity (Wildman–Crippen MR) is 90.4 cm³/mol. The first-order valence-corrected chi connectivity index (χ1v) is 8.72. The number of methoxy groups -OCH3 is 1. The van der Waals surface area contributed by atoms with Gasteiger partial charge in [0.2, 0.25) is 10.0 Å². The van der Waals surface area contributed by atoms with Gasteiger partial charge in [-0.2, -0.15) is 4.31 Å². The maximum atomic E-state index is 12.8. The van der Waals surface area contributed by atoms with Gasteiger partial charge in [-0.3, -0.25) is 0 Å². The number of piperidine rings is 1. The van der Waals surface area contributed by atoms with Crippen molar-refractivity contribution in [3.63, 3.8) is 0 Å². The zero-order valence-electron chi connectivity index (χ0n) is 13.3. The number of benzene rings is 1.